The fraction of sp³-hybridized carbons (Fsp3) is 0.0345. The van der Waals surface area contributed by atoms with Crippen LogP contribution in [0.25, 0.3) is 98.0 Å². The van der Waals surface area contributed by atoms with E-state index in [1.165, 1.54) is 66.8 Å². The molecule has 3 aliphatic rings. The highest BCUT2D eigenvalue weighted by Gasteiger charge is 2.61. The quantitative estimate of drug-likeness (QED) is 0.155. The van der Waals surface area contributed by atoms with E-state index >= 15 is 0 Å². The summed E-state index contributed by atoms with van der Waals surface area (Å²) in [5.74, 6) is 0.685. The molecule has 0 saturated carbocycles. The minimum atomic E-state index is -0.987. The van der Waals surface area contributed by atoms with Crippen LogP contribution in [-0.2, 0) is 16.2 Å². The van der Waals surface area contributed by atoms with E-state index in [0.717, 1.165) is 98.0 Å². The fourth-order valence-corrected chi connectivity index (χ4v) is 17.1. The van der Waals surface area contributed by atoms with Crippen molar-refractivity contribution in [3.05, 3.63) is 376 Å². The minimum absolute atomic E-state index is 0.228. The van der Waals surface area contributed by atoms with Gasteiger partial charge in [0, 0.05) is 0 Å². The highest BCUT2D eigenvalue weighted by molar-refractivity contribution is 6.10. The summed E-state index contributed by atoms with van der Waals surface area (Å²) in [6, 6.07) is 114. The number of benzene rings is 16. The molecule has 0 radical (unpaired) electrons. The zero-order valence-electron chi connectivity index (χ0n) is 48.8. The average Bonchev–Trinajstić information content (AvgIpc) is 1.46. The molecule has 0 amide bonds. The Bertz CT molecular complexity index is 5230. The number of fused-ring (bicyclic) bond motifs is 18. The Hall–Kier alpha value is -11.5. The van der Waals surface area contributed by atoms with E-state index in [1.807, 2.05) is 36.4 Å². The summed E-state index contributed by atoms with van der Waals surface area (Å²) in [4.78, 5) is 0. The van der Waals surface area contributed by atoms with Crippen molar-refractivity contribution < 1.29 is 15.3 Å². The smallest absolute Gasteiger partial charge is 0.116 e. The fourth-order valence-electron chi connectivity index (χ4n) is 17.1. The van der Waals surface area contributed by atoms with Gasteiger partial charge in [0.15, 0.2) is 0 Å². The molecule has 16 aromatic rings. The van der Waals surface area contributed by atoms with Gasteiger partial charge < -0.3 is 15.3 Å². The molecule has 0 fully saturated rings. The van der Waals surface area contributed by atoms with Crippen LogP contribution in [0.3, 0.4) is 0 Å². The Morgan fingerprint density at radius 2 is 0.378 bits per heavy atom. The van der Waals surface area contributed by atoms with Crippen LogP contribution >= 0.6 is 0 Å². The van der Waals surface area contributed by atoms with Crippen molar-refractivity contribution >= 4 is 64.6 Å². The maximum atomic E-state index is 11.1. The average molecular weight is 1150 g/mol. The van der Waals surface area contributed by atoms with Gasteiger partial charge in [-0.15, -0.1) is 0 Å². The van der Waals surface area contributed by atoms with E-state index in [4.69, 9.17) is 0 Å². The highest BCUT2D eigenvalue weighted by atomic mass is 16.3. The van der Waals surface area contributed by atoms with Crippen LogP contribution < -0.4 is 0 Å². The number of phenols is 3. The number of hydrogen-bond donors (Lipinski definition) is 3. The van der Waals surface area contributed by atoms with Gasteiger partial charge in [0.25, 0.3) is 0 Å². The zero-order chi connectivity index (χ0) is 59.6. The largest absolute Gasteiger partial charge is 0.508 e. The van der Waals surface area contributed by atoms with E-state index < -0.39 is 16.2 Å². The second-order valence-electron chi connectivity index (χ2n) is 25.1. The molecule has 0 saturated heterocycles. The third-order valence-electron chi connectivity index (χ3n) is 20.7. The van der Waals surface area contributed by atoms with Crippen molar-refractivity contribution in [2.75, 3.05) is 0 Å². The van der Waals surface area contributed by atoms with Crippen LogP contribution in [0.5, 0.6) is 17.2 Å². The summed E-state index contributed by atoms with van der Waals surface area (Å²) in [6.07, 6.45) is 0. The van der Waals surface area contributed by atoms with Crippen molar-refractivity contribution in [2.24, 2.45) is 0 Å². The first-order valence-electron chi connectivity index (χ1n) is 31.0. The minimum Gasteiger partial charge on any atom is -0.508 e. The first kappa shape index (κ1) is 50.6. The van der Waals surface area contributed by atoms with Crippen molar-refractivity contribution in [3.63, 3.8) is 0 Å². The molecule has 420 valence electrons. The summed E-state index contributed by atoms with van der Waals surface area (Å²) in [5.41, 5.74) is 18.2. The van der Waals surface area contributed by atoms with Gasteiger partial charge in [-0.25, -0.2) is 0 Å². The highest BCUT2D eigenvalue weighted by Crippen LogP contribution is 2.73. The summed E-state index contributed by atoms with van der Waals surface area (Å²) >= 11 is 0. The van der Waals surface area contributed by atoms with Gasteiger partial charge in [-0.3, -0.25) is 0 Å². The van der Waals surface area contributed by atoms with Crippen molar-refractivity contribution in [1.29, 1.82) is 0 Å². The van der Waals surface area contributed by atoms with Gasteiger partial charge >= 0.3 is 0 Å². The topological polar surface area (TPSA) is 60.7 Å². The molecule has 3 nitrogen and oxygen atoms in total. The standard InChI is InChI=1S/C87H54O3/c88-70-40-31-58-46-67(37-28-61(58)49-70)85(64-34-25-52-13-1-4-16-55(52)43-64)76-22-10-7-19-73(76)79-82(85)80-74-20-8-11-23-77(74)86(65-35-26-53-14-2-5-17-56(53)44-65,68-38-29-62-50-71(89)41-32-59(62)47-68)84(80)81-75-21-9-12-24-78(75)87(83(79)81,66-36-27-54-15-3-6-18-57(54)45-66)69-39-30-63-51-72(90)42-33-60(63)48-69/h1-51,88-90H. The Balaban J connectivity index is 1.11. The van der Waals surface area contributed by atoms with E-state index in [9.17, 15) is 15.3 Å². The predicted octanol–water partition coefficient (Wildman–Crippen LogP) is 20.8. The molecule has 3 atom stereocenters. The third-order valence-corrected chi connectivity index (χ3v) is 20.7. The molecular weight excluding hydrogens is 1090 g/mol. The molecule has 0 aromatic heterocycles. The Labute approximate surface area is 519 Å². The van der Waals surface area contributed by atoms with Gasteiger partial charge in [-0.05, 0) is 238 Å². The molecule has 0 spiro atoms. The maximum Gasteiger partial charge on any atom is 0.116 e. The number of aromatic hydroxyl groups is 3. The number of hydrogen-bond acceptors (Lipinski definition) is 3. The molecule has 3 unspecified atom stereocenters. The third kappa shape index (κ3) is 6.68. The lowest BCUT2D eigenvalue weighted by Crippen LogP contribution is -2.33. The van der Waals surface area contributed by atoms with Crippen LogP contribution in [0, 0.1) is 0 Å². The lowest BCUT2D eigenvalue weighted by Gasteiger charge is -2.40. The summed E-state index contributed by atoms with van der Waals surface area (Å²) < 4.78 is 0. The first-order chi connectivity index (χ1) is 44.3. The van der Waals surface area contributed by atoms with Crippen LogP contribution in [-0.4, -0.2) is 15.3 Å². The van der Waals surface area contributed by atoms with Gasteiger partial charge in [-0.1, -0.05) is 237 Å². The number of rotatable bonds is 6. The number of phenolic OH excluding ortho intramolecular Hbond substituents is 3. The molecule has 90 heavy (non-hydrogen) atoms. The molecular formula is C87H54O3. The molecule has 16 aromatic carbocycles. The van der Waals surface area contributed by atoms with Crippen LogP contribution in [0.4, 0.5) is 0 Å². The van der Waals surface area contributed by atoms with E-state index in [-0.39, 0.29) is 17.2 Å². The van der Waals surface area contributed by atoms with Gasteiger partial charge in [-0.2, -0.15) is 0 Å². The molecule has 3 N–H and O–H groups in total. The van der Waals surface area contributed by atoms with Crippen molar-refractivity contribution in [2.45, 2.75) is 16.2 Å². The van der Waals surface area contributed by atoms with Gasteiger partial charge in [0.2, 0.25) is 0 Å². The van der Waals surface area contributed by atoms with Crippen LogP contribution in [0.15, 0.2) is 309 Å². The lowest BCUT2D eigenvalue weighted by atomic mass is 9.60. The molecule has 0 aliphatic heterocycles. The molecule has 0 heterocycles. The Morgan fingerprint density at radius 1 is 0.178 bits per heavy atom. The zero-order valence-corrected chi connectivity index (χ0v) is 48.8. The Kier molecular flexibility index (Phi) is 10.4. The Morgan fingerprint density at radius 3 is 0.656 bits per heavy atom. The van der Waals surface area contributed by atoms with Crippen LogP contribution in [0.2, 0.25) is 0 Å². The second kappa shape index (κ2) is 18.5. The van der Waals surface area contributed by atoms with E-state index in [1.54, 1.807) is 0 Å². The normalized spacial score (nSPS) is 17.6. The second-order valence-corrected chi connectivity index (χ2v) is 25.1. The molecule has 3 heteroatoms. The van der Waals surface area contributed by atoms with E-state index in [0.29, 0.717) is 0 Å². The maximum absolute atomic E-state index is 11.1. The summed E-state index contributed by atoms with van der Waals surface area (Å²) in [5, 5.41) is 46.1. The van der Waals surface area contributed by atoms with Crippen LogP contribution in [0.1, 0.15) is 66.8 Å². The molecule has 0 bridgehead atoms. The summed E-state index contributed by atoms with van der Waals surface area (Å²) in [6.45, 7) is 0. The van der Waals surface area contributed by atoms with Crippen molar-refractivity contribution in [1.82, 2.24) is 0 Å². The van der Waals surface area contributed by atoms with Gasteiger partial charge in [0.05, 0.1) is 16.2 Å². The van der Waals surface area contributed by atoms with Gasteiger partial charge in [0.1, 0.15) is 17.2 Å². The first-order valence-corrected chi connectivity index (χ1v) is 31.0. The predicted molar refractivity (Wildman–Crippen MR) is 368 cm³/mol. The van der Waals surface area contributed by atoms with Crippen molar-refractivity contribution in [3.8, 4) is 50.6 Å². The molecule has 3 aliphatic carbocycles. The summed E-state index contributed by atoms with van der Waals surface area (Å²) in [7, 11) is 0. The molecule has 19 rings (SSSR count). The van der Waals surface area contributed by atoms with E-state index in [2.05, 4.69) is 273 Å². The SMILES string of the molecule is Oc1ccc2cc(C3(c4ccc5ccccc5c4)c4ccccc4-c4c3c3c(c5c4C(c4ccc6ccccc6c4)(c4ccc6cc(O)ccc6c4)c4ccccc4-5)C(c4ccc5ccccc5c4)(c4ccc5cc(O)ccc5c4)c4ccccc4-3)ccc2c1. The lowest BCUT2D eigenvalue weighted by molar-refractivity contribution is 0.475. The monoisotopic (exact) mass is 1150 g/mol.